The largest absolute Gasteiger partial charge is 0.338 e. The molecule has 1 atom stereocenters. The average Bonchev–Trinajstić information content (AvgIpc) is 3.11. The number of aryl methyl sites for hydroxylation is 1. The van der Waals surface area contributed by atoms with Gasteiger partial charge < -0.3 is 20.1 Å². The van der Waals surface area contributed by atoms with Crippen molar-refractivity contribution in [3.05, 3.63) is 76.4 Å². The number of benzene rings is 2. The SMILES string of the molecule is Cc1cc(NC(=S)NC2N=C(c3ccccc3)c3cc(Cl)ccc3N(C)C2=O)on1. The van der Waals surface area contributed by atoms with Crippen LogP contribution in [0, 0.1) is 6.92 Å². The van der Waals surface area contributed by atoms with Crippen LogP contribution >= 0.6 is 23.8 Å². The third-order valence-corrected chi connectivity index (χ3v) is 5.03. The second-order valence-corrected chi connectivity index (χ2v) is 7.58. The van der Waals surface area contributed by atoms with Crippen molar-refractivity contribution in [1.29, 1.82) is 0 Å². The monoisotopic (exact) mass is 439 g/mol. The van der Waals surface area contributed by atoms with Crippen molar-refractivity contribution in [1.82, 2.24) is 10.5 Å². The first kappa shape index (κ1) is 20.1. The molecule has 1 amide bonds. The number of carbonyl (C=O) groups is 1. The van der Waals surface area contributed by atoms with Gasteiger partial charge in [0.25, 0.3) is 5.91 Å². The maximum atomic E-state index is 13.2. The van der Waals surface area contributed by atoms with Crippen LogP contribution in [-0.2, 0) is 4.79 Å². The fourth-order valence-corrected chi connectivity index (χ4v) is 3.55. The predicted octanol–water partition coefficient (Wildman–Crippen LogP) is 3.76. The molecule has 0 aliphatic carbocycles. The Labute approximate surface area is 183 Å². The van der Waals surface area contributed by atoms with Gasteiger partial charge in [0.1, 0.15) is 0 Å². The van der Waals surface area contributed by atoms with Crippen molar-refractivity contribution in [2.75, 3.05) is 17.3 Å². The minimum Gasteiger partial charge on any atom is -0.338 e. The molecule has 0 fully saturated rings. The zero-order chi connectivity index (χ0) is 21.3. The van der Waals surface area contributed by atoms with E-state index < -0.39 is 6.17 Å². The topological polar surface area (TPSA) is 82.8 Å². The Hall–Kier alpha value is -3.23. The van der Waals surface area contributed by atoms with E-state index in [0.717, 1.165) is 11.1 Å². The van der Waals surface area contributed by atoms with Gasteiger partial charge in [-0.3, -0.25) is 4.79 Å². The van der Waals surface area contributed by atoms with Crippen molar-refractivity contribution in [2.24, 2.45) is 4.99 Å². The van der Waals surface area contributed by atoms with E-state index in [2.05, 4.69) is 15.8 Å². The van der Waals surface area contributed by atoms with E-state index in [1.54, 1.807) is 31.0 Å². The third kappa shape index (κ3) is 4.05. The Balaban J connectivity index is 1.73. The molecule has 0 spiro atoms. The normalized spacial score (nSPS) is 15.8. The summed E-state index contributed by atoms with van der Waals surface area (Å²) in [6, 6.07) is 16.7. The molecule has 2 heterocycles. The third-order valence-electron chi connectivity index (χ3n) is 4.58. The minimum atomic E-state index is -0.944. The molecule has 2 N–H and O–H groups in total. The highest BCUT2D eigenvalue weighted by molar-refractivity contribution is 7.80. The first-order chi connectivity index (χ1) is 14.4. The summed E-state index contributed by atoms with van der Waals surface area (Å²) in [6.45, 7) is 1.80. The molecular formula is C21H18ClN5O2S. The first-order valence-electron chi connectivity index (χ1n) is 9.14. The molecule has 1 aliphatic heterocycles. The molecule has 3 aromatic rings. The van der Waals surface area contributed by atoms with Crippen LogP contribution in [0.15, 0.2) is 64.1 Å². The van der Waals surface area contributed by atoms with E-state index in [0.29, 0.717) is 28.0 Å². The smallest absolute Gasteiger partial charge is 0.272 e. The molecule has 30 heavy (non-hydrogen) atoms. The van der Waals surface area contributed by atoms with Crippen LogP contribution in [0.25, 0.3) is 0 Å². The van der Waals surface area contributed by atoms with E-state index in [1.165, 1.54) is 0 Å². The summed E-state index contributed by atoms with van der Waals surface area (Å²) in [7, 11) is 1.70. The average molecular weight is 440 g/mol. The number of amides is 1. The number of hydrogen-bond acceptors (Lipinski definition) is 5. The number of aromatic nitrogens is 1. The van der Waals surface area contributed by atoms with Crippen molar-refractivity contribution in [3.63, 3.8) is 0 Å². The lowest BCUT2D eigenvalue weighted by Gasteiger charge is -2.21. The Morgan fingerprint density at radius 1 is 1.20 bits per heavy atom. The van der Waals surface area contributed by atoms with E-state index in [1.807, 2.05) is 42.5 Å². The zero-order valence-corrected chi connectivity index (χ0v) is 17.8. The molecule has 1 aliphatic rings. The van der Waals surface area contributed by atoms with Gasteiger partial charge >= 0.3 is 0 Å². The predicted molar refractivity (Wildman–Crippen MR) is 121 cm³/mol. The molecular weight excluding hydrogens is 422 g/mol. The van der Waals surface area contributed by atoms with Gasteiger partial charge in [-0.15, -0.1) is 0 Å². The zero-order valence-electron chi connectivity index (χ0n) is 16.2. The highest BCUT2D eigenvalue weighted by Crippen LogP contribution is 2.29. The highest BCUT2D eigenvalue weighted by Gasteiger charge is 2.30. The molecule has 152 valence electrons. The summed E-state index contributed by atoms with van der Waals surface area (Å²) in [5, 5.41) is 10.4. The number of rotatable bonds is 3. The van der Waals surface area contributed by atoms with Crippen LogP contribution in [-0.4, -0.2) is 35.1 Å². The molecule has 2 aromatic carbocycles. The minimum absolute atomic E-state index is 0.193. The number of hydrogen-bond donors (Lipinski definition) is 2. The standard InChI is InChI=1S/C21H18ClN5O2S/c1-12-10-17(29-26-12)23-21(30)25-19-20(28)27(2)16-9-8-14(22)11-15(16)18(24-19)13-6-4-3-5-7-13/h3-11,19H,1-2H3,(H2,23,25,30). The van der Waals surface area contributed by atoms with Crippen molar-refractivity contribution < 1.29 is 9.32 Å². The van der Waals surface area contributed by atoms with Gasteiger partial charge in [-0.05, 0) is 37.3 Å². The molecule has 0 saturated heterocycles. The van der Waals surface area contributed by atoms with Gasteiger partial charge in [0, 0.05) is 29.3 Å². The molecule has 4 rings (SSSR count). The Morgan fingerprint density at radius 2 is 1.97 bits per heavy atom. The van der Waals surface area contributed by atoms with Gasteiger partial charge in [-0.1, -0.05) is 47.1 Å². The number of carbonyl (C=O) groups excluding carboxylic acids is 1. The lowest BCUT2D eigenvalue weighted by Crippen LogP contribution is -2.47. The number of nitrogens with zero attached hydrogens (tertiary/aromatic N) is 3. The van der Waals surface area contributed by atoms with Crippen LogP contribution in [0.1, 0.15) is 16.8 Å². The van der Waals surface area contributed by atoms with Gasteiger partial charge in [-0.25, -0.2) is 4.99 Å². The van der Waals surface area contributed by atoms with Crippen LogP contribution in [0.3, 0.4) is 0 Å². The van der Waals surface area contributed by atoms with Gasteiger partial charge in [0.2, 0.25) is 12.0 Å². The Morgan fingerprint density at radius 3 is 2.67 bits per heavy atom. The molecule has 0 saturated carbocycles. The van der Waals surface area contributed by atoms with Crippen LogP contribution in [0.2, 0.25) is 5.02 Å². The Bertz CT molecular complexity index is 1150. The van der Waals surface area contributed by atoms with Crippen molar-refractivity contribution in [2.45, 2.75) is 13.1 Å². The molecule has 7 nitrogen and oxygen atoms in total. The molecule has 9 heteroatoms. The van der Waals surface area contributed by atoms with E-state index in [4.69, 9.17) is 33.3 Å². The molecule has 0 bridgehead atoms. The summed E-state index contributed by atoms with van der Waals surface area (Å²) in [6.07, 6.45) is -0.944. The van der Waals surface area contributed by atoms with Crippen molar-refractivity contribution in [3.8, 4) is 0 Å². The van der Waals surface area contributed by atoms with Crippen molar-refractivity contribution >= 4 is 52.1 Å². The van der Waals surface area contributed by atoms with Crippen LogP contribution < -0.4 is 15.5 Å². The fraction of sp³-hybridized carbons (Fsp3) is 0.143. The second kappa shape index (κ2) is 8.25. The summed E-state index contributed by atoms with van der Waals surface area (Å²) in [4.78, 5) is 19.4. The maximum absolute atomic E-state index is 13.2. The quantitative estimate of drug-likeness (QED) is 0.604. The van der Waals surface area contributed by atoms with E-state index in [-0.39, 0.29) is 11.0 Å². The fourth-order valence-electron chi connectivity index (χ4n) is 3.16. The van der Waals surface area contributed by atoms with Crippen LogP contribution in [0.4, 0.5) is 11.6 Å². The Kier molecular flexibility index (Phi) is 5.52. The lowest BCUT2D eigenvalue weighted by atomic mass is 10.0. The number of halogens is 1. The number of anilines is 2. The number of benzodiazepines with no additional fused rings is 1. The molecule has 1 unspecified atom stereocenters. The summed E-state index contributed by atoms with van der Waals surface area (Å²) >= 11 is 11.6. The lowest BCUT2D eigenvalue weighted by molar-refractivity contribution is -0.119. The molecule has 0 radical (unpaired) electrons. The van der Waals surface area contributed by atoms with Gasteiger partial charge in [0.15, 0.2) is 5.11 Å². The van der Waals surface area contributed by atoms with Crippen LogP contribution in [0.5, 0.6) is 0 Å². The van der Waals surface area contributed by atoms with E-state index in [9.17, 15) is 4.79 Å². The summed E-state index contributed by atoms with van der Waals surface area (Å²) < 4.78 is 5.12. The molecule has 1 aromatic heterocycles. The maximum Gasteiger partial charge on any atom is 0.272 e. The van der Waals surface area contributed by atoms with Gasteiger partial charge in [-0.2, -0.15) is 0 Å². The number of thiocarbonyl (C=S) groups is 1. The summed E-state index contributed by atoms with van der Waals surface area (Å²) in [5.41, 5.74) is 3.68. The number of fused-ring (bicyclic) bond motifs is 1. The number of likely N-dealkylation sites (N-methyl/N-ethyl adjacent to an activating group) is 1. The number of aliphatic imine (C=N–C) groups is 1. The number of nitrogens with one attached hydrogen (secondary N) is 2. The second-order valence-electron chi connectivity index (χ2n) is 6.74. The highest BCUT2D eigenvalue weighted by atomic mass is 35.5. The van der Waals surface area contributed by atoms with E-state index >= 15 is 0 Å². The first-order valence-corrected chi connectivity index (χ1v) is 9.92. The van der Waals surface area contributed by atoms with Gasteiger partial charge in [0.05, 0.1) is 17.1 Å². The summed E-state index contributed by atoms with van der Waals surface area (Å²) in [5.74, 6) is 0.115.